The van der Waals surface area contributed by atoms with Gasteiger partial charge in [0.05, 0.1) is 16.6 Å². The molecule has 11 rings (SSSR count). The zero-order chi connectivity index (χ0) is 35.8. The van der Waals surface area contributed by atoms with Crippen molar-refractivity contribution in [2.24, 2.45) is 0 Å². The van der Waals surface area contributed by atoms with Gasteiger partial charge in [-0.1, -0.05) is 149 Å². The fraction of sp³-hybridized carbons (Fsp3) is 0.120. The number of hydrogen-bond donors (Lipinski definition) is 0. The molecule has 10 aromatic rings. The van der Waals surface area contributed by atoms with Gasteiger partial charge in [0.25, 0.3) is 0 Å². The number of hydrogen-bond acceptors (Lipinski definition) is 1. The van der Waals surface area contributed by atoms with Crippen LogP contribution in [0.3, 0.4) is 0 Å². The lowest BCUT2D eigenvalue weighted by Gasteiger charge is -2.34. The van der Waals surface area contributed by atoms with Crippen LogP contribution in [0, 0.1) is 0 Å². The fourth-order valence-electron chi connectivity index (χ4n) is 8.77. The maximum atomic E-state index is 2.48. The van der Waals surface area contributed by atoms with Crippen molar-refractivity contribution in [1.82, 2.24) is 9.13 Å². The quantitative estimate of drug-likeness (QED) is 0.174. The van der Waals surface area contributed by atoms with Crippen LogP contribution in [-0.2, 0) is 5.41 Å². The molecule has 0 unspecified atom stereocenters. The van der Waals surface area contributed by atoms with Crippen LogP contribution >= 0.6 is 11.3 Å². The summed E-state index contributed by atoms with van der Waals surface area (Å²) in [6, 6.07) is 56.1. The Morgan fingerprint density at radius 1 is 0.509 bits per heavy atom. The van der Waals surface area contributed by atoms with Crippen LogP contribution in [0.2, 0.25) is 0 Å². The van der Waals surface area contributed by atoms with Crippen molar-refractivity contribution in [2.75, 3.05) is 0 Å². The topological polar surface area (TPSA) is 9.86 Å². The molecule has 3 aromatic heterocycles. The van der Waals surface area contributed by atoms with Crippen LogP contribution in [0.5, 0.6) is 0 Å². The predicted molar refractivity (Wildman–Crippen MR) is 229 cm³/mol. The third kappa shape index (κ3) is 4.63. The average molecular weight is 701 g/mol. The molecule has 0 N–H and O–H groups in total. The molecule has 2 nitrogen and oxygen atoms in total. The van der Waals surface area contributed by atoms with E-state index >= 15 is 0 Å². The summed E-state index contributed by atoms with van der Waals surface area (Å²) in [7, 11) is 0. The highest BCUT2D eigenvalue weighted by atomic mass is 32.1. The molecule has 0 saturated carbocycles. The number of rotatable bonds is 3. The number of para-hydroxylation sites is 2. The first kappa shape index (κ1) is 31.8. The van der Waals surface area contributed by atoms with Gasteiger partial charge in [-0.25, -0.2) is 0 Å². The second-order valence-electron chi connectivity index (χ2n) is 14.8. The van der Waals surface area contributed by atoms with Gasteiger partial charge in [-0.2, -0.15) is 0 Å². The second-order valence-corrected chi connectivity index (χ2v) is 15.9. The summed E-state index contributed by atoms with van der Waals surface area (Å²) in [6.07, 6.45) is 3.52. The van der Waals surface area contributed by atoms with E-state index in [9.17, 15) is 0 Å². The van der Waals surface area contributed by atoms with E-state index in [0.717, 1.165) is 0 Å². The third-order valence-electron chi connectivity index (χ3n) is 11.2. The minimum atomic E-state index is -0.113. The van der Waals surface area contributed by atoms with Crippen molar-refractivity contribution in [1.29, 1.82) is 0 Å². The summed E-state index contributed by atoms with van der Waals surface area (Å²) < 4.78 is 7.57. The van der Waals surface area contributed by atoms with Crippen LogP contribution < -0.4 is 0 Å². The molecule has 4 heterocycles. The highest BCUT2D eigenvalue weighted by molar-refractivity contribution is 7.26. The number of nitrogens with zero attached hydrogens (tertiary/aromatic N) is 2. The van der Waals surface area contributed by atoms with E-state index in [1.807, 2.05) is 11.3 Å². The predicted octanol–water partition coefficient (Wildman–Crippen LogP) is 14.5. The Labute approximate surface area is 314 Å². The van der Waals surface area contributed by atoms with E-state index in [1.165, 1.54) is 104 Å². The minimum Gasteiger partial charge on any atom is -0.316 e. The SMILES string of the molecule is CC1(C)c2ccccc2-n2ccc3c2c1cc1c2ccccc2n(-c2ccc(-c4cccc5c4sc4c(-c6ccccc6)cccc45)cc2)c13.CCC. The van der Waals surface area contributed by atoms with Gasteiger partial charge in [0, 0.05) is 59.3 Å². The second kappa shape index (κ2) is 12.1. The maximum absolute atomic E-state index is 2.48. The lowest BCUT2D eigenvalue weighted by atomic mass is 9.74. The first-order valence-corrected chi connectivity index (χ1v) is 19.6. The maximum Gasteiger partial charge on any atom is 0.0635 e. The Morgan fingerprint density at radius 3 is 1.83 bits per heavy atom. The van der Waals surface area contributed by atoms with E-state index in [-0.39, 0.29) is 5.41 Å². The zero-order valence-electron chi connectivity index (χ0n) is 30.5. The average Bonchev–Trinajstić information content (AvgIpc) is 3.90. The highest BCUT2D eigenvalue weighted by Crippen LogP contribution is 2.49. The van der Waals surface area contributed by atoms with Gasteiger partial charge in [0.15, 0.2) is 0 Å². The van der Waals surface area contributed by atoms with Crippen LogP contribution in [-0.4, -0.2) is 9.13 Å². The molecular weight excluding hydrogens is 661 g/mol. The van der Waals surface area contributed by atoms with Crippen molar-refractivity contribution >= 4 is 64.2 Å². The zero-order valence-corrected chi connectivity index (χ0v) is 31.3. The van der Waals surface area contributed by atoms with Crippen molar-refractivity contribution in [2.45, 2.75) is 39.5 Å². The van der Waals surface area contributed by atoms with Crippen molar-refractivity contribution in [3.05, 3.63) is 169 Å². The molecule has 0 atom stereocenters. The van der Waals surface area contributed by atoms with E-state index in [4.69, 9.17) is 0 Å². The highest BCUT2D eigenvalue weighted by Gasteiger charge is 2.35. The van der Waals surface area contributed by atoms with Gasteiger partial charge < -0.3 is 9.13 Å². The molecule has 1 aliphatic heterocycles. The summed E-state index contributed by atoms with van der Waals surface area (Å²) in [5.74, 6) is 0. The lowest BCUT2D eigenvalue weighted by Crippen LogP contribution is -2.26. The first-order chi connectivity index (χ1) is 26.0. The van der Waals surface area contributed by atoms with Crippen molar-refractivity contribution in [3.8, 4) is 33.6 Å². The molecule has 0 bridgehead atoms. The molecule has 0 aliphatic carbocycles. The Morgan fingerprint density at radius 2 is 1.11 bits per heavy atom. The van der Waals surface area contributed by atoms with Gasteiger partial charge >= 0.3 is 0 Å². The molecule has 3 heteroatoms. The molecule has 53 heavy (non-hydrogen) atoms. The Hall–Kier alpha value is -5.90. The number of benzene rings is 7. The van der Waals surface area contributed by atoms with E-state index in [2.05, 4.69) is 195 Å². The van der Waals surface area contributed by atoms with Crippen LogP contribution in [0.15, 0.2) is 158 Å². The molecule has 0 amide bonds. The molecular formula is C50H40N2S. The summed E-state index contributed by atoms with van der Waals surface area (Å²) in [5, 5.41) is 6.53. The smallest absolute Gasteiger partial charge is 0.0635 e. The summed E-state index contributed by atoms with van der Waals surface area (Å²) >= 11 is 1.91. The van der Waals surface area contributed by atoms with E-state index in [1.54, 1.807) is 0 Å². The molecule has 1 aliphatic rings. The summed E-state index contributed by atoms with van der Waals surface area (Å²) in [4.78, 5) is 0. The van der Waals surface area contributed by atoms with Gasteiger partial charge in [0.2, 0.25) is 0 Å². The number of thiophene rings is 1. The molecule has 0 radical (unpaired) electrons. The standard InChI is InChI=1S/C47H32N2S.C3H8/c1-47(2)39-19-7-9-21-42(39)48-27-26-37-43-38(28-40(47)44(37)48)34-14-6-8-20-41(34)49(43)31-24-22-30(23-25-31)33-16-11-18-36-35-17-10-15-32(45(35)50-46(33)36)29-12-4-3-5-13-29;1-3-2/h3-28H,1-2H3;3H2,1-2H3. The van der Waals surface area contributed by atoms with E-state index in [0.29, 0.717) is 0 Å². The minimum absolute atomic E-state index is 0.113. The lowest BCUT2D eigenvalue weighted by molar-refractivity contribution is 0.629. The Kier molecular flexibility index (Phi) is 7.25. The Bertz CT molecular complexity index is 3010. The van der Waals surface area contributed by atoms with Crippen LogP contribution in [0.4, 0.5) is 0 Å². The molecule has 0 saturated heterocycles. The van der Waals surface area contributed by atoms with Crippen LogP contribution in [0.25, 0.3) is 86.5 Å². The number of fused-ring (bicyclic) bond motifs is 9. The Balaban J connectivity index is 0.00000113. The van der Waals surface area contributed by atoms with Gasteiger partial charge in [-0.15, -0.1) is 11.3 Å². The van der Waals surface area contributed by atoms with E-state index < -0.39 is 0 Å². The monoisotopic (exact) mass is 700 g/mol. The number of aromatic nitrogens is 2. The van der Waals surface area contributed by atoms with Crippen LogP contribution in [0.1, 0.15) is 45.2 Å². The molecule has 256 valence electrons. The summed E-state index contributed by atoms with van der Waals surface area (Å²) in [5.41, 5.74) is 14.0. The first-order valence-electron chi connectivity index (χ1n) is 18.8. The third-order valence-corrected chi connectivity index (χ3v) is 12.4. The molecule has 7 aromatic carbocycles. The fourth-order valence-corrected chi connectivity index (χ4v) is 10.1. The normalized spacial score (nSPS) is 13.1. The van der Waals surface area contributed by atoms with Gasteiger partial charge in [-0.05, 0) is 69.8 Å². The van der Waals surface area contributed by atoms with Crippen molar-refractivity contribution in [3.63, 3.8) is 0 Å². The summed E-state index contributed by atoms with van der Waals surface area (Å²) in [6.45, 7) is 9.00. The largest absolute Gasteiger partial charge is 0.316 e. The van der Waals surface area contributed by atoms with Gasteiger partial charge in [-0.3, -0.25) is 0 Å². The van der Waals surface area contributed by atoms with Gasteiger partial charge in [0.1, 0.15) is 0 Å². The molecule has 0 fully saturated rings. The molecule has 0 spiro atoms. The van der Waals surface area contributed by atoms with Crippen molar-refractivity contribution < 1.29 is 0 Å².